The number of benzene rings is 2. The molecule has 6 heteroatoms. The van der Waals surface area contributed by atoms with E-state index in [0.717, 1.165) is 19.6 Å². The molecule has 4 nitrogen and oxygen atoms in total. The third-order valence-corrected chi connectivity index (χ3v) is 4.77. The van der Waals surface area contributed by atoms with Crippen molar-refractivity contribution in [3.05, 3.63) is 69.7 Å². The maximum Gasteiger partial charge on any atom is 0.252 e. The van der Waals surface area contributed by atoms with E-state index in [0.29, 0.717) is 28.8 Å². The van der Waals surface area contributed by atoms with Gasteiger partial charge < -0.3 is 10.1 Å². The normalized spacial score (nSPS) is 18.1. The van der Waals surface area contributed by atoms with Crippen LogP contribution in [0.15, 0.2) is 48.5 Å². The SMILES string of the molecule is O=C(NCCN1CCOC(c2ccccc2)C1)c1cc(Cl)ccc1Cl. The second-order valence-corrected chi connectivity index (χ2v) is 6.79. The fourth-order valence-electron chi connectivity index (χ4n) is 2.87. The lowest BCUT2D eigenvalue weighted by molar-refractivity contribution is -0.0293. The van der Waals surface area contributed by atoms with Gasteiger partial charge in [-0.2, -0.15) is 0 Å². The lowest BCUT2D eigenvalue weighted by Crippen LogP contribution is -2.42. The maximum absolute atomic E-state index is 12.2. The van der Waals surface area contributed by atoms with Crippen LogP contribution in [-0.4, -0.2) is 43.6 Å². The van der Waals surface area contributed by atoms with Crippen LogP contribution in [0, 0.1) is 0 Å². The zero-order valence-corrected chi connectivity index (χ0v) is 15.3. The largest absolute Gasteiger partial charge is 0.371 e. The Morgan fingerprint density at radius 2 is 2.00 bits per heavy atom. The van der Waals surface area contributed by atoms with Crippen molar-refractivity contribution in [2.24, 2.45) is 0 Å². The zero-order chi connectivity index (χ0) is 17.6. The van der Waals surface area contributed by atoms with E-state index in [9.17, 15) is 4.79 Å². The topological polar surface area (TPSA) is 41.6 Å². The fourth-order valence-corrected chi connectivity index (χ4v) is 3.24. The van der Waals surface area contributed by atoms with Gasteiger partial charge in [-0.1, -0.05) is 53.5 Å². The Labute approximate surface area is 157 Å². The Kier molecular flexibility index (Phi) is 6.32. The van der Waals surface area contributed by atoms with Crippen molar-refractivity contribution < 1.29 is 9.53 Å². The van der Waals surface area contributed by atoms with Crippen molar-refractivity contribution in [2.75, 3.05) is 32.8 Å². The van der Waals surface area contributed by atoms with Crippen molar-refractivity contribution in [3.63, 3.8) is 0 Å². The van der Waals surface area contributed by atoms with Gasteiger partial charge in [0.2, 0.25) is 0 Å². The van der Waals surface area contributed by atoms with Crippen LogP contribution in [0.1, 0.15) is 22.0 Å². The van der Waals surface area contributed by atoms with Gasteiger partial charge in [0.1, 0.15) is 0 Å². The Morgan fingerprint density at radius 3 is 2.80 bits per heavy atom. The highest BCUT2D eigenvalue weighted by Gasteiger charge is 2.21. The van der Waals surface area contributed by atoms with E-state index in [2.05, 4.69) is 22.3 Å². The van der Waals surface area contributed by atoms with Gasteiger partial charge in [0, 0.05) is 31.2 Å². The smallest absolute Gasteiger partial charge is 0.252 e. The van der Waals surface area contributed by atoms with Gasteiger partial charge in [0.05, 0.1) is 23.3 Å². The van der Waals surface area contributed by atoms with Crippen molar-refractivity contribution in [2.45, 2.75) is 6.10 Å². The monoisotopic (exact) mass is 378 g/mol. The molecule has 0 saturated carbocycles. The van der Waals surface area contributed by atoms with Crippen LogP contribution in [0.3, 0.4) is 0 Å². The quantitative estimate of drug-likeness (QED) is 0.860. The Balaban J connectivity index is 1.50. The van der Waals surface area contributed by atoms with Crippen LogP contribution in [0.25, 0.3) is 0 Å². The second kappa shape index (κ2) is 8.68. The summed E-state index contributed by atoms with van der Waals surface area (Å²) in [5.74, 6) is -0.208. The van der Waals surface area contributed by atoms with Crippen molar-refractivity contribution in [3.8, 4) is 0 Å². The van der Waals surface area contributed by atoms with Gasteiger partial charge in [-0.15, -0.1) is 0 Å². The lowest BCUT2D eigenvalue weighted by Gasteiger charge is -2.33. The average molecular weight is 379 g/mol. The summed E-state index contributed by atoms with van der Waals surface area (Å²) in [6.07, 6.45) is 0.0769. The summed E-state index contributed by atoms with van der Waals surface area (Å²) in [5, 5.41) is 3.80. The molecule has 1 aliphatic heterocycles. The second-order valence-electron chi connectivity index (χ2n) is 5.95. The summed E-state index contributed by atoms with van der Waals surface area (Å²) in [4.78, 5) is 14.5. The van der Waals surface area contributed by atoms with E-state index in [1.165, 1.54) is 5.56 Å². The molecule has 25 heavy (non-hydrogen) atoms. The first-order valence-corrected chi connectivity index (χ1v) is 9.01. The fraction of sp³-hybridized carbons (Fsp3) is 0.316. The Morgan fingerprint density at radius 1 is 1.20 bits per heavy atom. The van der Waals surface area contributed by atoms with Crippen LogP contribution in [0.4, 0.5) is 0 Å². The predicted molar refractivity (Wildman–Crippen MR) is 100 cm³/mol. The van der Waals surface area contributed by atoms with Gasteiger partial charge in [-0.3, -0.25) is 9.69 Å². The number of carbonyl (C=O) groups excluding carboxylic acids is 1. The molecule has 1 amide bonds. The van der Waals surface area contributed by atoms with Gasteiger partial charge in [-0.25, -0.2) is 0 Å². The highest BCUT2D eigenvalue weighted by atomic mass is 35.5. The van der Waals surface area contributed by atoms with E-state index in [1.807, 2.05) is 18.2 Å². The van der Waals surface area contributed by atoms with Gasteiger partial charge in [-0.05, 0) is 23.8 Å². The van der Waals surface area contributed by atoms with E-state index >= 15 is 0 Å². The van der Waals surface area contributed by atoms with Crippen LogP contribution >= 0.6 is 23.2 Å². The van der Waals surface area contributed by atoms with E-state index < -0.39 is 0 Å². The number of nitrogens with one attached hydrogen (secondary N) is 1. The standard InChI is InChI=1S/C19H20Cl2N2O2/c20-15-6-7-17(21)16(12-15)19(24)22-8-9-23-10-11-25-18(13-23)14-4-2-1-3-5-14/h1-7,12,18H,8-11,13H2,(H,22,24). The molecule has 1 heterocycles. The molecule has 0 bridgehead atoms. The van der Waals surface area contributed by atoms with Crippen molar-refractivity contribution >= 4 is 29.1 Å². The Hall–Kier alpha value is -1.59. The highest BCUT2D eigenvalue weighted by Crippen LogP contribution is 2.22. The minimum atomic E-state index is -0.208. The first-order valence-electron chi connectivity index (χ1n) is 8.25. The molecular formula is C19H20Cl2N2O2. The molecule has 1 unspecified atom stereocenters. The zero-order valence-electron chi connectivity index (χ0n) is 13.8. The third kappa shape index (κ3) is 4.95. The summed E-state index contributed by atoms with van der Waals surface area (Å²) >= 11 is 12.0. The van der Waals surface area contributed by atoms with Gasteiger partial charge in [0.15, 0.2) is 0 Å². The molecule has 1 fully saturated rings. The van der Waals surface area contributed by atoms with Crippen molar-refractivity contribution in [1.82, 2.24) is 10.2 Å². The molecule has 0 radical (unpaired) electrons. The molecule has 2 aromatic carbocycles. The number of ether oxygens (including phenoxy) is 1. The highest BCUT2D eigenvalue weighted by molar-refractivity contribution is 6.35. The summed E-state index contributed by atoms with van der Waals surface area (Å²) in [6.45, 7) is 3.67. The van der Waals surface area contributed by atoms with E-state index in [-0.39, 0.29) is 12.0 Å². The molecule has 0 aliphatic carbocycles. The van der Waals surface area contributed by atoms with Crippen LogP contribution in [0.2, 0.25) is 10.0 Å². The number of amides is 1. The van der Waals surface area contributed by atoms with Gasteiger partial charge >= 0.3 is 0 Å². The molecule has 0 aromatic heterocycles. The van der Waals surface area contributed by atoms with E-state index in [1.54, 1.807) is 18.2 Å². The average Bonchev–Trinajstić information content (AvgIpc) is 2.64. The summed E-state index contributed by atoms with van der Waals surface area (Å²) < 4.78 is 5.86. The number of hydrogen-bond acceptors (Lipinski definition) is 3. The van der Waals surface area contributed by atoms with Gasteiger partial charge in [0.25, 0.3) is 5.91 Å². The molecule has 1 aliphatic rings. The number of morpholine rings is 1. The van der Waals surface area contributed by atoms with Crippen LogP contribution in [-0.2, 0) is 4.74 Å². The van der Waals surface area contributed by atoms with Crippen LogP contribution < -0.4 is 5.32 Å². The van der Waals surface area contributed by atoms with E-state index in [4.69, 9.17) is 27.9 Å². The maximum atomic E-state index is 12.2. The first kappa shape index (κ1) is 18.2. The molecule has 1 atom stereocenters. The Bertz CT molecular complexity index is 725. The molecule has 0 spiro atoms. The number of rotatable bonds is 5. The summed E-state index contributed by atoms with van der Waals surface area (Å²) in [6, 6.07) is 15.1. The number of carbonyl (C=O) groups is 1. The molecular weight excluding hydrogens is 359 g/mol. The third-order valence-electron chi connectivity index (χ3n) is 4.21. The van der Waals surface area contributed by atoms with Crippen molar-refractivity contribution in [1.29, 1.82) is 0 Å². The summed E-state index contributed by atoms with van der Waals surface area (Å²) in [5.41, 5.74) is 1.58. The summed E-state index contributed by atoms with van der Waals surface area (Å²) in [7, 11) is 0. The molecule has 1 saturated heterocycles. The first-order chi connectivity index (χ1) is 12.1. The molecule has 132 valence electrons. The number of hydrogen-bond donors (Lipinski definition) is 1. The number of halogens is 2. The molecule has 1 N–H and O–H groups in total. The lowest BCUT2D eigenvalue weighted by atomic mass is 10.1. The predicted octanol–water partition coefficient (Wildman–Crippen LogP) is 3.80. The van der Waals surface area contributed by atoms with Crippen LogP contribution in [0.5, 0.6) is 0 Å². The minimum Gasteiger partial charge on any atom is -0.371 e. The molecule has 2 aromatic rings. The minimum absolute atomic E-state index is 0.0769. The number of nitrogens with zero attached hydrogens (tertiary/aromatic N) is 1. The molecule has 3 rings (SSSR count).